The molecule has 1 aliphatic heterocycles. The maximum Gasteiger partial charge on any atom is 0.128 e. The van der Waals surface area contributed by atoms with Gasteiger partial charge in [-0.25, -0.2) is 4.98 Å². The van der Waals surface area contributed by atoms with Crippen LogP contribution in [0.3, 0.4) is 0 Å². The molecule has 0 aromatic carbocycles. The molecule has 1 atom stereocenters. The highest BCUT2D eigenvalue weighted by atomic mass is 15.2. The van der Waals surface area contributed by atoms with Crippen LogP contribution in [-0.2, 0) is 6.54 Å². The van der Waals surface area contributed by atoms with Gasteiger partial charge in [0.15, 0.2) is 0 Å². The molecule has 1 saturated heterocycles. The smallest absolute Gasteiger partial charge is 0.128 e. The lowest BCUT2D eigenvalue weighted by molar-refractivity contribution is 0.395. The molecule has 21 heavy (non-hydrogen) atoms. The van der Waals surface area contributed by atoms with Gasteiger partial charge in [-0.05, 0) is 50.5 Å². The third-order valence-electron chi connectivity index (χ3n) is 4.06. The average Bonchev–Trinajstić information content (AvgIpc) is 2.84. The van der Waals surface area contributed by atoms with Gasteiger partial charge in [0.1, 0.15) is 5.82 Å². The van der Waals surface area contributed by atoms with Gasteiger partial charge in [-0.1, -0.05) is 19.9 Å². The Bertz CT molecular complexity index is 433. The van der Waals surface area contributed by atoms with Gasteiger partial charge in [-0.15, -0.1) is 0 Å². The topological polar surface area (TPSA) is 31.4 Å². The summed E-state index contributed by atoms with van der Waals surface area (Å²) >= 11 is 0. The second-order valence-corrected chi connectivity index (χ2v) is 6.81. The minimum atomic E-state index is 0.676. The Labute approximate surface area is 129 Å². The van der Waals surface area contributed by atoms with Crippen LogP contribution in [0.15, 0.2) is 18.2 Å². The van der Waals surface area contributed by atoms with Crippen LogP contribution in [0.4, 0.5) is 5.82 Å². The van der Waals surface area contributed by atoms with E-state index in [1.165, 1.54) is 19.5 Å². The summed E-state index contributed by atoms with van der Waals surface area (Å²) in [6.07, 6.45) is 1.30. The van der Waals surface area contributed by atoms with E-state index in [0.717, 1.165) is 37.1 Å². The van der Waals surface area contributed by atoms with Gasteiger partial charge in [0.25, 0.3) is 0 Å². The van der Waals surface area contributed by atoms with Crippen molar-refractivity contribution in [2.24, 2.45) is 11.8 Å². The average molecular weight is 290 g/mol. The highest BCUT2D eigenvalue weighted by Crippen LogP contribution is 2.18. The summed E-state index contributed by atoms with van der Waals surface area (Å²) in [5, 5.41) is 3.46. The van der Waals surface area contributed by atoms with Crippen molar-refractivity contribution < 1.29 is 0 Å². The van der Waals surface area contributed by atoms with E-state index in [1.807, 2.05) is 0 Å². The van der Waals surface area contributed by atoms with Crippen molar-refractivity contribution in [2.75, 3.05) is 45.2 Å². The van der Waals surface area contributed by atoms with Crippen molar-refractivity contribution in [3.05, 3.63) is 23.9 Å². The Morgan fingerprint density at radius 2 is 2.24 bits per heavy atom. The third-order valence-corrected chi connectivity index (χ3v) is 4.06. The summed E-state index contributed by atoms with van der Waals surface area (Å²) in [6.45, 7) is 9.87. The first-order valence-electron chi connectivity index (χ1n) is 8.11. The monoisotopic (exact) mass is 290 g/mol. The maximum absolute atomic E-state index is 4.78. The minimum absolute atomic E-state index is 0.676. The summed E-state index contributed by atoms with van der Waals surface area (Å²) in [4.78, 5) is 9.50. The molecular weight excluding hydrogens is 260 g/mol. The molecule has 2 heterocycles. The fourth-order valence-corrected chi connectivity index (χ4v) is 2.92. The van der Waals surface area contributed by atoms with Gasteiger partial charge in [-0.3, -0.25) is 0 Å². The molecule has 0 bridgehead atoms. The van der Waals surface area contributed by atoms with Gasteiger partial charge in [0.2, 0.25) is 0 Å². The zero-order chi connectivity index (χ0) is 15.2. The lowest BCUT2D eigenvalue weighted by Gasteiger charge is -2.22. The molecule has 1 aliphatic rings. The van der Waals surface area contributed by atoms with Crippen molar-refractivity contribution in [1.29, 1.82) is 0 Å². The van der Waals surface area contributed by atoms with Crippen LogP contribution in [0, 0.1) is 11.8 Å². The number of hydrogen-bond acceptors (Lipinski definition) is 4. The summed E-state index contributed by atoms with van der Waals surface area (Å²) < 4.78 is 0. The fraction of sp³-hybridized carbons (Fsp3) is 0.706. The molecule has 0 aliphatic carbocycles. The Balaban J connectivity index is 1.87. The first kappa shape index (κ1) is 16.2. The molecule has 0 radical (unpaired) electrons. The number of nitrogens with zero attached hydrogens (tertiary/aromatic N) is 3. The number of pyridine rings is 1. The van der Waals surface area contributed by atoms with E-state index in [9.17, 15) is 0 Å². The van der Waals surface area contributed by atoms with Gasteiger partial charge in [0, 0.05) is 26.7 Å². The highest BCUT2D eigenvalue weighted by Gasteiger charge is 2.21. The number of nitrogens with one attached hydrogen (secondary N) is 1. The van der Waals surface area contributed by atoms with Gasteiger partial charge < -0.3 is 15.1 Å². The third kappa shape index (κ3) is 5.29. The fourth-order valence-electron chi connectivity index (χ4n) is 2.92. The van der Waals surface area contributed by atoms with E-state index in [-0.39, 0.29) is 0 Å². The molecule has 4 nitrogen and oxygen atoms in total. The van der Waals surface area contributed by atoms with E-state index in [2.05, 4.69) is 61.3 Å². The summed E-state index contributed by atoms with van der Waals surface area (Å²) in [6, 6.07) is 6.34. The normalized spacial score (nSPS) is 19.4. The summed E-state index contributed by atoms with van der Waals surface area (Å²) in [5.74, 6) is 2.54. The van der Waals surface area contributed by atoms with Crippen molar-refractivity contribution in [3.63, 3.8) is 0 Å². The molecule has 4 heteroatoms. The molecule has 1 aromatic rings. The zero-order valence-corrected chi connectivity index (χ0v) is 14.0. The predicted molar refractivity (Wildman–Crippen MR) is 89.7 cm³/mol. The SMILES string of the molecule is CC(C)CNCc1cccc(N(C)CC2CCN(C)C2)n1. The molecule has 2 rings (SSSR count). The van der Waals surface area contributed by atoms with E-state index in [1.54, 1.807) is 0 Å². The summed E-state index contributed by atoms with van der Waals surface area (Å²) in [7, 11) is 4.37. The van der Waals surface area contributed by atoms with E-state index in [0.29, 0.717) is 5.92 Å². The Morgan fingerprint density at radius 1 is 1.43 bits per heavy atom. The standard InChI is InChI=1S/C17H30N4/c1-14(2)10-18-11-16-6-5-7-17(19-16)21(4)13-15-8-9-20(3)12-15/h5-7,14-15,18H,8-13H2,1-4H3. The molecule has 1 fully saturated rings. The van der Waals surface area contributed by atoms with Crippen molar-refractivity contribution >= 4 is 5.82 Å². The van der Waals surface area contributed by atoms with Crippen LogP contribution in [-0.4, -0.2) is 50.2 Å². The first-order valence-corrected chi connectivity index (χ1v) is 8.11. The Hall–Kier alpha value is -1.13. The van der Waals surface area contributed by atoms with Gasteiger partial charge in [-0.2, -0.15) is 0 Å². The van der Waals surface area contributed by atoms with Crippen LogP contribution in [0.5, 0.6) is 0 Å². The second kappa shape index (κ2) is 7.76. The number of rotatable bonds is 7. The van der Waals surface area contributed by atoms with Crippen molar-refractivity contribution in [2.45, 2.75) is 26.8 Å². The highest BCUT2D eigenvalue weighted by molar-refractivity contribution is 5.38. The molecule has 118 valence electrons. The molecule has 0 spiro atoms. The summed E-state index contributed by atoms with van der Waals surface area (Å²) in [5.41, 5.74) is 1.13. The number of likely N-dealkylation sites (tertiary alicyclic amines) is 1. The maximum atomic E-state index is 4.78. The molecular formula is C17H30N4. The Morgan fingerprint density at radius 3 is 2.90 bits per heavy atom. The minimum Gasteiger partial charge on any atom is -0.359 e. The van der Waals surface area contributed by atoms with Crippen LogP contribution in [0.1, 0.15) is 26.0 Å². The van der Waals surface area contributed by atoms with Crippen molar-refractivity contribution in [1.82, 2.24) is 15.2 Å². The van der Waals surface area contributed by atoms with Crippen LogP contribution < -0.4 is 10.2 Å². The van der Waals surface area contributed by atoms with Crippen LogP contribution >= 0.6 is 0 Å². The molecule has 0 amide bonds. The lowest BCUT2D eigenvalue weighted by Crippen LogP contribution is -2.28. The van der Waals surface area contributed by atoms with Gasteiger partial charge >= 0.3 is 0 Å². The largest absolute Gasteiger partial charge is 0.359 e. The number of aromatic nitrogens is 1. The quantitative estimate of drug-likeness (QED) is 0.834. The molecule has 1 unspecified atom stereocenters. The van der Waals surface area contributed by atoms with Crippen LogP contribution in [0.25, 0.3) is 0 Å². The number of anilines is 1. The number of hydrogen-bond donors (Lipinski definition) is 1. The van der Waals surface area contributed by atoms with Gasteiger partial charge in [0.05, 0.1) is 5.69 Å². The van der Waals surface area contributed by atoms with E-state index >= 15 is 0 Å². The first-order chi connectivity index (χ1) is 10.0. The second-order valence-electron chi connectivity index (χ2n) is 6.81. The predicted octanol–water partition coefficient (Wildman–Crippen LogP) is 2.22. The van der Waals surface area contributed by atoms with Crippen LogP contribution in [0.2, 0.25) is 0 Å². The van der Waals surface area contributed by atoms with E-state index in [4.69, 9.17) is 4.98 Å². The molecule has 1 aromatic heterocycles. The lowest BCUT2D eigenvalue weighted by atomic mass is 10.1. The van der Waals surface area contributed by atoms with Crippen molar-refractivity contribution in [3.8, 4) is 0 Å². The molecule has 0 saturated carbocycles. The molecule has 1 N–H and O–H groups in total. The Kier molecular flexibility index (Phi) is 6.00. The zero-order valence-electron chi connectivity index (χ0n) is 14.0. The van der Waals surface area contributed by atoms with E-state index < -0.39 is 0 Å².